The molecular weight excluding hydrogens is 427 g/mol. The van der Waals surface area contributed by atoms with Crippen LogP contribution in [0.1, 0.15) is 31.8 Å². The van der Waals surface area contributed by atoms with Crippen LogP contribution in [0.25, 0.3) is 0 Å². The Bertz CT molecular complexity index is 1180. The number of nitrogens with one attached hydrogen (secondary N) is 1. The Hall–Kier alpha value is -3.22. The van der Waals surface area contributed by atoms with Gasteiger partial charge < -0.3 is 20.4 Å². The summed E-state index contributed by atoms with van der Waals surface area (Å²) >= 11 is 12.1. The number of benzene rings is 3. The summed E-state index contributed by atoms with van der Waals surface area (Å²) in [5.41, 5.74) is 4.09. The second-order valence-corrected chi connectivity index (χ2v) is 7.75. The highest BCUT2D eigenvalue weighted by molar-refractivity contribution is 6.42. The minimum atomic E-state index is -1.20. The zero-order chi connectivity index (χ0) is 21.4. The molecule has 1 aliphatic rings. The van der Waals surface area contributed by atoms with E-state index in [0.29, 0.717) is 22.3 Å². The molecule has 3 aromatic carbocycles. The van der Waals surface area contributed by atoms with E-state index in [0.717, 1.165) is 35.1 Å². The Labute approximate surface area is 182 Å². The van der Waals surface area contributed by atoms with Gasteiger partial charge in [-0.3, -0.25) is 0 Å². The van der Waals surface area contributed by atoms with E-state index in [-0.39, 0.29) is 11.1 Å². The smallest absolute Gasteiger partial charge is 0.337 e. The monoisotopic (exact) mass is 442 g/mol. The number of carboxylic acid groups (broad SMARTS) is 2. The van der Waals surface area contributed by atoms with Crippen LogP contribution in [0.2, 0.25) is 10.0 Å². The maximum absolute atomic E-state index is 11.6. The van der Waals surface area contributed by atoms with Gasteiger partial charge in [-0.1, -0.05) is 29.3 Å². The fourth-order valence-electron chi connectivity index (χ4n) is 3.46. The molecular formula is C22H16Cl2N2O4. The van der Waals surface area contributed by atoms with Gasteiger partial charge in [-0.15, -0.1) is 0 Å². The summed E-state index contributed by atoms with van der Waals surface area (Å²) in [4.78, 5) is 24.9. The van der Waals surface area contributed by atoms with Crippen molar-refractivity contribution >= 4 is 52.2 Å². The van der Waals surface area contributed by atoms with Crippen LogP contribution in [-0.4, -0.2) is 22.2 Å². The first-order valence-corrected chi connectivity index (χ1v) is 9.77. The highest BCUT2D eigenvalue weighted by Gasteiger charge is 2.21. The van der Waals surface area contributed by atoms with Crippen LogP contribution in [0.3, 0.4) is 0 Å². The Morgan fingerprint density at radius 1 is 0.833 bits per heavy atom. The molecule has 0 saturated heterocycles. The summed E-state index contributed by atoms with van der Waals surface area (Å²) in [5.74, 6) is -2.38. The standard InChI is InChI=1S/C22H16Cl2N2O4/c23-18-5-4-16(9-19(18)24)26-10-13-1-3-15(7-14(13)11-26)25-20-6-2-12(21(27)28)8-17(20)22(29)30/h1-9,25H,10-11H2,(H,27,28)(H,29,30). The van der Waals surface area contributed by atoms with Gasteiger partial charge in [0, 0.05) is 24.5 Å². The molecule has 0 fully saturated rings. The predicted octanol–water partition coefficient (Wildman–Crippen LogP) is 5.65. The van der Waals surface area contributed by atoms with Crippen molar-refractivity contribution in [3.63, 3.8) is 0 Å². The Balaban J connectivity index is 1.58. The van der Waals surface area contributed by atoms with Crippen molar-refractivity contribution in [1.82, 2.24) is 0 Å². The maximum atomic E-state index is 11.6. The first kappa shape index (κ1) is 20.1. The summed E-state index contributed by atoms with van der Waals surface area (Å²) in [5, 5.41) is 22.6. The summed E-state index contributed by atoms with van der Waals surface area (Å²) < 4.78 is 0. The molecule has 0 amide bonds. The number of aromatic carboxylic acids is 2. The van der Waals surface area contributed by atoms with Crippen LogP contribution in [0.4, 0.5) is 17.1 Å². The molecule has 0 spiro atoms. The molecule has 0 bridgehead atoms. The van der Waals surface area contributed by atoms with Crippen LogP contribution < -0.4 is 10.2 Å². The molecule has 0 unspecified atom stereocenters. The van der Waals surface area contributed by atoms with Crippen molar-refractivity contribution in [2.45, 2.75) is 13.1 Å². The molecule has 8 heteroatoms. The first-order chi connectivity index (χ1) is 14.3. The summed E-state index contributed by atoms with van der Waals surface area (Å²) in [6.45, 7) is 1.40. The number of halogens is 2. The highest BCUT2D eigenvalue weighted by Crippen LogP contribution is 2.34. The third-order valence-corrected chi connectivity index (χ3v) is 5.71. The molecule has 6 nitrogen and oxygen atoms in total. The average molecular weight is 443 g/mol. The predicted molar refractivity (Wildman–Crippen MR) is 116 cm³/mol. The zero-order valence-electron chi connectivity index (χ0n) is 15.5. The van der Waals surface area contributed by atoms with E-state index in [9.17, 15) is 14.7 Å². The highest BCUT2D eigenvalue weighted by atomic mass is 35.5. The van der Waals surface area contributed by atoms with E-state index in [1.165, 1.54) is 12.1 Å². The average Bonchev–Trinajstić information content (AvgIpc) is 3.13. The Morgan fingerprint density at radius 3 is 2.30 bits per heavy atom. The maximum Gasteiger partial charge on any atom is 0.337 e. The molecule has 1 aliphatic heterocycles. The molecule has 30 heavy (non-hydrogen) atoms. The Morgan fingerprint density at radius 2 is 1.60 bits per heavy atom. The zero-order valence-corrected chi connectivity index (χ0v) is 17.0. The minimum Gasteiger partial charge on any atom is -0.478 e. The van der Waals surface area contributed by atoms with Crippen LogP contribution in [0, 0.1) is 0 Å². The fraction of sp³-hybridized carbons (Fsp3) is 0.0909. The molecule has 0 atom stereocenters. The number of carboxylic acids is 2. The fourth-order valence-corrected chi connectivity index (χ4v) is 3.75. The van der Waals surface area contributed by atoms with Gasteiger partial charge in [0.05, 0.1) is 26.9 Å². The van der Waals surface area contributed by atoms with Crippen LogP contribution in [-0.2, 0) is 13.1 Å². The third kappa shape index (κ3) is 3.92. The first-order valence-electron chi connectivity index (χ1n) is 9.01. The number of carbonyl (C=O) groups is 2. The van der Waals surface area contributed by atoms with E-state index in [2.05, 4.69) is 10.2 Å². The van der Waals surface area contributed by atoms with E-state index in [4.69, 9.17) is 28.3 Å². The van der Waals surface area contributed by atoms with Crippen LogP contribution in [0.5, 0.6) is 0 Å². The molecule has 3 aromatic rings. The van der Waals surface area contributed by atoms with Gasteiger partial charge in [0.2, 0.25) is 0 Å². The summed E-state index contributed by atoms with van der Waals surface area (Å²) in [6.07, 6.45) is 0. The lowest BCUT2D eigenvalue weighted by Gasteiger charge is -2.18. The van der Waals surface area contributed by atoms with Gasteiger partial charge >= 0.3 is 11.9 Å². The SMILES string of the molecule is O=C(O)c1ccc(Nc2ccc3c(c2)CN(c2ccc(Cl)c(Cl)c2)C3)c(C(=O)O)c1. The van der Waals surface area contributed by atoms with E-state index in [1.54, 1.807) is 6.07 Å². The minimum absolute atomic E-state index is 0.0795. The second kappa shape index (κ2) is 7.89. The van der Waals surface area contributed by atoms with Gasteiger partial charge in [0.1, 0.15) is 0 Å². The molecule has 3 N–H and O–H groups in total. The normalized spacial score (nSPS) is 12.5. The molecule has 1 heterocycles. The quantitative estimate of drug-likeness (QED) is 0.472. The topological polar surface area (TPSA) is 89.9 Å². The van der Waals surface area contributed by atoms with E-state index < -0.39 is 11.9 Å². The number of nitrogens with zero attached hydrogens (tertiary/aromatic N) is 1. The van der Waals surface area contributed by atoms with Crippen LogP contribution >= 0.6 is 23.2 Å². The molecule has 152 valence electrons. The van der Waals surface area contributed by atoms with Gasteiger partial charge in [-0.25, -0.2) is 9.59 Å². The van der Waals surface area contributed by atoms with Gasteiger partial charge in [-0.05, 0) is 59.7 Å². The van der Waals surface area contributed by atoms with Crippen molar-refractivity contribution in [3.8, 4) is 0 Å². The van der Waals surface area contributed by atoms with Crippen molar-refractivity contribution in [3.05, 3.63) is 86.9 Å². The molecule has 0 aromatic heterocycles. The van der Waals surface area contributed by atoms with E-state index >= 15 is 0 Å². The largest absolute Gasteiger partial charge is 0.478 e. The van der Waals surface area contributed by atoms with E-state index in [1.807, 2.05) is 30.3 Å². The Kier molecular flexibility index (Phi) is 5.28. The number of anilines is 3. The number of hydrogen-bond donors (Lipinski definition) is 3. The van der Waals surface area contributed by atoms with Gasteiger partial charge in [0.15, 0.2) is 0 Å². The lowest BCUT2D eigenvalue weighted by molar-refractivity contribution is 0.0696. The van der Waals surface area contributed by atoms with Crippen molar-refractivity contribution < 1.29 is 19.8 Å². The molecule has 0 aliphatic carbocycles. The number of hydrogen-bond acceptors (Lipinski definition) is 4. The van der Waals surface area contributed by atoms with Crippen molar-refractivity contribution in [1.29, 1.82) is 0 Å². The molecule has 0 radical (unpaired) electrons. The van der Waals surface area contributed by atoms with Crippen molar-refractivity contribution in [2.75, 3.05) is 10.2 Å². The van der Waals surface area contributed by atoms with Gasteiger partial charge in [0.25, 0.3) is 0 Å². The third-order valence-electron chi connectivity index (χ3n) is 4.97. The summed E-state index contributed by atoms with van der Waals surface area (Å²) in [7, 11) is 0. The number of rotatable bonds is 5. The van der Waals surface area contributed by atoms with Crippen molar-refractivity contribution in [2.24, 2.45) is 0 Å². The molecule has 0 saturated carbocycles. The van der Waals surface area contributed by atoms with Crippen LogP contribution in [0.15, 0.2) is 54.6 Å². The second-order valence-electron chi connectivity index (χ2n) is 6.93. The summed E-state index contributed by atoms with van der Waals surface area (Å²) in [6, 6.07) is 15.3. The lowest BCUT2D eigenvalue weighted by Crippen LogP contribution is -2.14. The number of fused-ring (bicyclic) bond motifs is 1. The van der Waals surface area contributed by atoms with Gasteiger partial charge in [-0.2, -0.15) is 0 Å². The molecule has 4 rings (SSSR count). The lowest BCUT2D eigenvalue weighted by atomic mass is 10.1.